The van der Waals surface area contributed by atoms with Gasteiger partial charge in [-0.25, -0.2) is 0 Å². The quantitative estimate of drug-likeness (QED) is 0.662. The third-order valence-electron chi connectivity index (χ3n) is 3.58. The van der Waals surface area contributed by atoms with Gasteiger partial charge in [0.2, 0.25) is 0 Å². The summed E-state index contributed by atoms with van der Waals surface area (Å²) >= 11 is -1.85. The van der Waals surface area contributed by atoms with E-state index in [0.717, 1.165) is 24.9 Å². The van der Waals surface area contributed by atoms with Crippen LogP contribution in [0.1, 0.15) is 32.1 Å². The highest BCUT2D eigenvalue weighted by atomic mass is 32.2. The topological polar surface area (TPSA) is 43.4 Å². The lowest BCUT2D eigenvalue weighted by Gasteiger charge is -2.45. The fraction of sp³-hybridized carbons (Fsp3) is 1.00. The van der Waals surface area contributed by atoms with Gasteiger partial charge in [-0.1, -0.05) is 11.1 Å². The van der Waals surface area contributed by atoms with Crippen LogP contribution in [0.5, 0.6) is 0 Å². The molecule has 0 aromatic heterocycles. The molecule has 3 nitrogen and oxygen atoms in total. The van der Waals surface area contributed by atoms with Crippen LogP contribution in [0.4, 0.5) is 0 Å². The predicted molar refractivity (Wildman–Crippen MR) is 55.7 cm³/mol. The van der Waals surface area contributed by atoms with Crippen molar-refractivity contribution in [2.75, 3.05) is 18.8 Å². The van der Waals surface area contributed by atoms with Gasteiger partial charge in [0.1, 0.15) is 0 Å². The lowest BCUT2D eigenvalue weighted by Crippen LogP contribution is -2.48. The van der Waals surface area contributed by atoms with Crippen molar-refractivity contribution in [1.29, 1.82) is 0 Å². The van der Waals surface area contributed by atoms with Gasteiger partial charge >= 0.3 is 0 Å². The molecular weight excluding hydrogens is 198 g/mol. The predicted octanol–water partition coefficient (Wildman–Crippen LogP) is 1.13. The fourth-order valence-electron chi connectivity index (χ4n) is 2.83. The lowest BCUT2D eigenvalue weighted by atomic mass is 9.80. The smallest absolute Gasteiger partial charge is 0.0114 e. The second-order valence-electron chi connectivity index (χ2n) is 4.53. The van der Waals surface area contributed by atoms with Gasteiger partial charge in [0, 0.05) is 18.3 Å². The average molecular weight is 216 g/mol. The molecule has 0 radical (unpaired) electrons. The summed E-state index contributed by atoms with van der Waals surface area (Å²) in [4.78, 5) is 2.50. The number of hydrogen-bond donors (Lipinski definition) is 0. The molecule has 1 saturated carbocycles. The van der Waals surface area contributed by atoms with Crippen molar-refractivity contribution in [2.45, 2.75) is 38.1 Å². The van der Waals surface area contributed by atoms with E-state index in [4.69, 9.17) is 0 Å². The maximum Gasteiger partial charge on any atom is 0.0114 e. The summed E-state index contributed by atoms with van der Waals surface area (Å²) in [5.41, 5.74) is 0. The SMILES string of the molecule is O=S([O-])CCCN1CC2CCC1CC2. The van der Waals surface area contributed by atoms with Gasteiger partial charge in [0.25, 0.3) is 0 Å². The first-order chi connectivity index (χ1) is 6.75. The first-order valence-corrected chi connectivity index (χ1v) is 6.80. The molecule has 1 aliphatic carbocycles. The Balaban J connectivity index is 1.73. The van der Waals surface area contributed by atoms with Crippen LogP contribution in [0, 0.1) is 5.92 Å². The molecule has 2 aliphatic heterocycles. The molecule has 2 heterocycles. The van der Waals surface area contributed by atoms with Crippen LogP contribution in [0.15, 0.2) is 0 Å². The van der Waals surface area contributed by atoms with E-state index in [2.05, 4.69) is 4.90 Å². The standard InChI is InChI=1S/C10H19NO2S/c12-14(13)7-1-6-11-8-9-2-4-10(11)5-3-9/h9-10H,1-8H2,(H,12,13)/p-1. The van der Waals surface area contributed by atoms with Gasteiger partial charge in [0.15, 0.2) is 0 Å². The van der Waals surface area contributed by atoms with E-state index in [0.29, 0.717) is 5.75 Å². The van der Waals surface area contributed by atoms with Crippen LogP contribution in [0.2, 0.25) is 0 Å². The van der Waals surface area contributed by atoms with E-state index in [1.165, 1.54) is 32.2 Å². The van der Waals surface area contributed by atoms with Crippen LogP contribution in [-0.2, 0) is 11.1 Å². The van der Waals surface area contributed by atoms with Gasteiger partial charge in [0.05, 0.1) is 0 Å². The fourth-order valence-corrected chi connectivity index (χ4v) is 3.20. The number of piperidine rings is 2. The van der Waals surface area contributed by atoms with Gasteiger partial charge in [-0.2, -0.15) is 0 Å². The van der Waals surface area contributed by atoms with Crippen molar-refractivity contribution >= 4 is 11.1 Å². The molecule has 4 heteroatoms. The van der Waals surface area contributed by atoms with Crippen molar-refractivity contribution in [3.05, 3.63) is 0 Å². The number of fused-ring (bicyclic) bond motifs is 3. The Morgan fingerprint density at radius 2 is 2.00 bits per heavy atom. The third-order valence-corrected chi connectivity index (χ3v) is 4.20. The zero-order valence-electron chi connectivity index (χ0n) is 8.48. The largest absolute Gasteiger partial charge is 0.772 e. The Kier molecular flexibility index (Phi) is 3.57. The molecule has 2 saturated heterocycles. The molecule has 14 heavy (non-hydrogen) atoms. The third kappa shape index (κ3) is 2.55. The molecule has 2 bridgehead atoms. The van der Waals surface area contributed by atoms with Crippen molar-refractivity contribution in [1.82, 2.24) is 4.90 Å². The minimum Gasteiger partial charge on any atom is -0.772 e. The second kappa shape index (κ2) is 4.73. The Labute approximate surface area is 88.1 Å². The summed E-state index contributed by atoms with van der Waals surface area (Å²) in [6, 6.07) is 0.764. The van der Waals surface area contributed by atoms with E-state index < -0.39 is 11.1 Å². The molecular formula is C10H18NO2S-. The molecule has 3 rings (SSSR count). The highest BCUT2D eigenvalue weighted by Crippen LogP contribution is 2.34. The van der Waals surface area contributed by atoms with Gasteiger partial charge in [-0.15, -0.1) is 0 Å². The van der Waals surface area contributed by atoms with Gasteiger partial charge < -0.3 is 9.45 Å². The van der Waals surface area contributed by atoms with E-state index >= 15 is 0 Å². The minimum atomic E-state index is -1.85. The van der Waals surface area contributed by atoms with Crippen molar-refractivity contribution in [3.63, 3.8) is 0 Å². The molecule has 0 aromatic rings. The van der Waals surface area contributed by atoms with Crippen LogP contribution in [0.25, 0.3) is 0 Å². The van der Waals surface area contributed by atoms with Crippen molar-refractivity contribution < 1.29 is 8.76 Å². The summed E-state index contributed by atoms with van der Waals surface area (Å²) in [6.45, 7) is 2.20. The lowest BCUT2D eigenvalue weighted by molar-refractivity contribution is 0.0494. The second-order valence-corrected chi connectivity index (χ2v) is 5.55. The van der Waals surface area contributed by atoms with E-state index in [9.17, 15) is 8.76 Å². The molecule has 0 aromatic carbocycles. The minimum absolute atomic E-state index is 0.327. The van der Waals surface area contributed by atoms with Crippen molar-refractivity contribution in [2.24, 2.45) is 5.92 Å². The van der Waals surface area contributed by atoms with Crippen LogP contribution < -0.4 is 0 Å². The maximum atomic E-state index is 10.4. The number of nitrogens with zero attached hydrogens (tertiary/aromatic N) is 1. The highest BCUT2D eigenvalue weighted by Gasteiger charge is 2.32. The number of hydrogen-bond acceptors (Lipinski definition) is 3. The zero-order chi connectivity index (χ0) is 9.97. The summed E-state index contributed by atoms with van der Waals surface area (Å²) in [7, 11) is 0. The summed E-state index contributed by atoms with van der Waals surface area (Å²) in [5.74, 6) is 1.23. The first-order valence-electron chi connectivity index (χ1n) is 5.55. The number of rotatable bonds is 4. The normalized spacial score (nSPS) is 34.6. The Hall–Kier alpha value is 0.0700. The molecule has 1 unspecified atom stereocenters. The summed E-state index contributed by atoms with van der Waals surface area (Å²) in [5, 5.41) is 0. The molecule has 1 atom stereocenters. The zero-order valence-corrected chi connectivity index (χ0v) is 9.30. The van der Waals surface area contributed by atoms with Gasteiger partial charge in [-0.05, 0) is 44.6 Å². The van der Waals surface area contributed by atoms with Crippen molar-refractivity contribution in [3.8, 4) is 0 Å². The van der Waals surface area contributed by atoms with Crippen LogP contribution >= 0.6 is 0 Å². The Morgan fingerprint density at radius 1 is 1.29 bits per heavy atom. The van der Waals surface area contributed by atoms with E-state index in [1.54, 1.807) is 0 Å². The van der Waals surface area contributed by atoms with Crippen LogP contribution in [0.3, 0.4) is 0 Å². The van der Waals surface area contributed by atoms with E-state index in [1.807, 2.05) is 0 Å². The molecule has 82 valence electrons. The molecule has 3 aliphatic rings. The molecule has 0 amide bonds. The molecule has 3 fully saturated rings. The highest BCUT2D eigenvalue weighted by molar-refractivity contribution is 7.79. The molecule has 0 N–H and O–H groups in total. The van der Waals surface area contributed by atoms with Crippen LogP contribution in [-0.4, -0.2) is 38.5 Å². The van der Waals surface area contributed by atoms with E-state index in [-0.39, 0.29) is 0 Å². The summed E-state index contributed by atoms with van der Waals surface area (Å²) in [6.07, 6.45) is 6.28. The molecule has 0 spiro atoms. The average Bonchev–Trinajstić information content (AvgIpc) is 2.19. The Morgan fingerprint density at radius 3 is 2.50 bits per heavy atom. The monoisotopic (exact) mass is 216 g/mol. The Bertz CT molecular complexity index is 214. The summed E-state index contributed by atoms with van der Waals surface area (Å²) < 4.78 is 20.8. The first kappa shape index (κ1) is 10.6. The van der Waals surface area contributed by atoms with Gasteiger partial charge in [-0.3, -0.25) is 4.21 Å². The maximum absolute atomic E-state index is 10.4.